The number of anilines is 1. The summed E-state index contributed by atoms with van der Waals surface area (Å²) in [5.74, 6) is 0.649. The Morgan fingerprint density at radius 1 is 1.12 bits per heavy atom. The molecule has 0 aromatic carbocycles. The van der Waals surface area contributed by atoms with E-state index in [0.717, 1.165) is 13.1 Å². The van der Waals surface area contributed by atoms with Crippen LogP contribution in [0.5, 0.6) is 0 Å². The lowest BCUT2D eigenvalue weighted by Crippen LogP contribution is -2.60. The van der Waals surface area contributed by atoms with Crippen LogP contribution >= 0.6 is 0 Å². The Kier molecular flexibility index (Phi) is 2.55. The summed E-state index contributed by atoms with van der Waals surface area (Å²) >= 11 is 0. The van der Waals surface area contributed by atoms with E-state index >= 15 is 0 Å². The first-order valence-electron chi connectivity index (χ1n) is 6.12. The van der Waals surface area contributed by atoms with Gasteiger partial charge in [-0.1, -0.05) is 11.5 Å². The fraction of sp³-hybridized carbons (Fsp3) is 0.818. The summed E-state index contributed by atoms with van der Waals surface area (Å²) < 4.78 is 5.41. The molecule has 0 aliphatic carbocycles. The summed E-state index contributed by atoms with van der Waals surface area (Å²) in [6.07, 6.45) is 4.11. The molecule has 0 radical (unpaired) electrons. The van der Waals surface area contributed by atoms with E-state index in [1.807, 2.05) is 6.92 Å². The Balaban J connectivity index is 1.54. The average molecular weight is 222 g/mol. The minimum absolute atomic E-state index is 0.649. The van der Waals surface area contributed by atoms with Crippen LogP contribution in [0.15, 0.2) is 4.42 Å². The molecule has 0 spiro atoms. The van der Waals surface area contributed by atoms with Crippen molar-refractivity contribution in [2.24, 2.45) is 0 Å². The van der Waals surface area contributed by atoms with Crippen LogP contribution in [0.3, 0.4) is 0 Å². The summed E-state index contributed by atoms with van der Waals surface area (Å²) in [7, 11) is 0. The van der Waals surface area contributed by atoms with Gasteiger partial charge in [0.2, 0.25) is 5.89 Å². The van der Waals surface area contributed by atoms with Crippen LogP contribution in [0.2, 0.25) is 0 Å². The standard InChI is InChI=1S/C11H18N4O/c1-9-12-13-11(16-9)15-7-10(8-15)14-5-3-2-4-6-14/h10H,2-8H2,1H3. The Morgan fingerprint density at radius 3 is 2.50 bits per heavy atom. The van der Waals surface area contributed by atoms with Gasteiger partial charge in [-0.3, -0.25) is 4.90 Å². The fourth-order valence-electron chi connectivity index (χ4n) is 2.54. The number of piperidine rings is 1. The largest absolute Gasteiger partial charge is 0.408 e. The van der Waals surface area contributed by atoms with Crippen molar-refractivity contribution < 1.29 is 4.42 Å². The highest BCUT2D eigenvalue weighted by Gasteiger charge is 2.34. The summed E-state index contributed by atoms with van der Waals surface area (Å²) in [4.78, 5) is 4.77. The summed E-state index contributed by atoms with van der Waals surface area (Å²) in [6, 6.07) is 1.39. The molecule has 0 saturated carbocycles. The minimum Gasteiger partial charge on any atom is -0.408 e. The maximum atomic E-state index is 5.41. The maximum absolute atomic E-state index is 5.41. The average Bonchev–Trinajstić information content (AvgIpc) is 2.64. The predicted molar refractivity (Wildman–Crippen MR) is 60.5 cm³/mol. The molecule has 5 nitrogen and oxygen atoms in total. The van der Waals surface area contributed by atoms with Crippen molar-refractivity contribution >= 4 is 6.01 Å². The molecule has 2 fully saturated rings. The molecule has 0 unspecified atom stereocenters. The van der Waals surface area contributed by atoms with Gasteiger partial charge in [-0.2, -0.15) is 0 Å². The molecule has 3 rings (SSSR count). The predicted octanol–water partition coefficient (Wildman–Crippen LogP) is 1.05. The number of hydrogen-bond donors (Lipinski definition) is 0. The molecule has 1 aromatic heterocycles. The van der Waals surface area contributed by atoms with Crippen LogP contribution in [0.4, 0.5) is 6.01 Å². The number of rotatable bonds is 2. The zero-order valence-corrected chi connectivity index (χ0v) is 9.72. The lowest BCUT2D eigenvalue weighted by Gasteiger charge is -2.45. The van der Waals surface area contributed by atoms with Crippen molar-refractivity contribution in [2.45, 2.75) is 32.2 Å². The van der Waals surface area contributed by atoms with E-state index in [0.29, 0.717) is 17.9 Å². The van der Waals surface area contributed by atoms with Gasteiger partial charge in [0.25, 0.3) is 0 Å². The molecule has 5 heteroatoms. The zero-order valence-electron chi connectivity index (χ0n) is 9.72. The third-order valence-electron chi connectivity index (χ3n) is 3.56. The van der Waals surface area contributed by atoms with Gasteiger partial charge in [0.15, 0.2) is 0 Å². The number of likely N-dealkylation sites (tertiary alicyclic amines) is 1. The number of nitrogens with zero attached hydrogens (tertiary/aromatic N) is 4. The van der Waals surface area contributed by atoms with Crippen LogP contribution in [0.1, 0.15) is 25.2 Å². The molecule has 1 aromatic rings. The lowest BCUT2D eigenvalue weighted by atomic mass is 10.0. The van der Waals surface area contributed by atoms with Gasteiger partial charge < -0.3 is 9.32 Å². The monoisotopic (exact) mass is 222 g/mol. The summed E-state index contributed by atoms with van der Waals surface area (Å²) in [5, 5.41) is 7.89. The molecule has 2 aliphatic heterocycles. The smallest absolute Gasteiger partial charge is 0.318 e. The van der Waals surface area contributed by atoms with Gasteiger partial charge in [0.1, 0.15) is 0 Å². The van der Waals surface area contributed by atoms with Gasteiger partial charge >= 0.3 is 6.01 Å². The first-order chi connectivity index (χ1) is 7.83. The van der Waals surface area contributed by atoms with E-state index in [-0.39, 0.29) is 0 Å². The van der Waals surface area contributed by atoms with Crippen LogP contribution in [0.25, 0.3) is 0 Å². The molecular formula is C11H18N4O. The lowest BCUT2D eigenvalue weighted by molar-refractivity contribution is 0.135. The fourth-order valence-corrected chi connectivity index (χ4v) is 2.54. The molecule has 3 heterocycles. The summed E-state index contributed by atoms with van der Waals surface area (Å²) in [5.41, 5.74) is 0. The maximum Gasteiger partial charge on any atom is 0.318 e. The molecule has 0 amide bonds. The second-order valence-electron chi connectivity index (χ2n) is 4.76. The molecule has 2 aliphatic rings. The van der Waals surface area contributed by atoms with Crippen molar-refractivity contribution in [1.82, 2.24) is 15.1 Å². The SMILES string of the molecule is Cc1nnc(N2CC(N3CCCCC3)C2)o1. The first-order valence-corrected chi connectivity index (χ1v) is 6.12. The summed E-state index contributed by atoms with van der Waals surface area (Å²) in [6.45, 7) is 6.45. The van der Waals surface area contributed by atoms with Gasteiger partial charge in [-0.05, 0) is 25.9 Å². The topological polar surface area (TPSA) is 45.4 Å². The van der Waals surface area contributed by atoms with Gasteiger partial charge in [-0.25, -0.2) is 0 Å². The molecule has 16 heavy (non-hydrogen) atoms. The van der Waals surface area contributed by atoms with Gasteiger partial charge in [0.05, 0.1) is 0 Å². The highest BCUT2D eigenvalue weighted by Crippen LogP contribution is 2.24. The van der Waals surface area contributed by atoms with Gasteiger partial charge in [0, 0.05) is 26.1 Å². The molecule has 0 N–H and O–H groups in total. The Bertz CT molecular complexity index is 353. The highest BCUT2D eigenvalue weighted by atomic mass is 16.4. The van der Waals surface area contributed by atoms with E-state index in [1.165, 1.54) is 32.4 Å². The van der Waals surface area contributed by atoms with Crippen molar-refractivity contribution in [2.75, 3.05) is 31.1 Å². The van der Waals surface area contributed by atoms with Crippen molar-refractivity contribution in [3.63, 3.8) is 0 Å². The number of aromatic nitrogens is 2. The number of hydrogen-bond acceptors (Lipinski definition) is 5. The van der Waals surface area contributed by atoms with Crippen molar-refractivity contribution in [3.05, 3.63) is 5.89 Å². The Morgan fingerprint density at radius 2 is 1.88 bits per heavy atom. The first kappa shape index (κ1) is 10.1. The normalized spacial score (nSPS) is 23.4. The van der Waals surface area contributed by atoms with E-state index in [1.54, 1.807) is 0 Å². The molecule has 88 valence electrons. The van der Waals surface area contributed by atoms with Gasteiger partial charge in [-0.15, -0.1) is 5.10 Å². The zero-order chi connectivity index (χ0) is 11.0. The molecule has 2 saturated heterocycles. The quantitative estimate of drug-likeness (QED) is 0.748. The van der Waals surface area contributed by atoms with Crippen LogP contribution in [0, 0.1) is 6.92 Å². The molecule has 0 atom stereocenters. The van der Waals surface area contributed by atoms with Crippen molar-refractivity contribution in [3.8, 4) is 0 Å². The molecule has 0 bridgehead atoms. The van der Waals surface area contributed by atoms with Crippen LogP contribution in [-0.2, 0) is 0 Å². The molecular weight excluding hydrogens is 204 g/mol. The third kappa shape index (κ3) is 1.80. The van der Waals surface area contributed by atoms with E-state index in [4.69, 9.17) is 4.42 Å². The van der Waals surface area contributed by atoms with Crippen molar-refractivity contribution in [1.29, 1.82) is 0 Å². The van der Waals surface area contributed by atoms with E-state index in [9.17, 15) is 0 Å². The second-order valence-corrected chi connectivity index (χ2v) is 4.76. The van der Waals surface area contributed by atoms with Crippen LogP contribution in [-0.4, -0.2) is 47.3 Å². The third-order valence-corrected chi connectivity index (χ3v) is 3.56. The van der Waals surface area contributed by atoms with Crippen LogP contribution < -0.4 is 4.90 Å². The highest BCUT2D eigenvalue weighted by molar-refractivity contribution is 5.31. The van der Waals surface area contributed by atoms with E-state index < -0.39 is 0 Å². The Labute approximate surface area is 95.4 Å². The minimum atomic E-state index is 0.649. The Hall–Kier alpha value is -1.10. The second kappa shape index (κ2) is 4.05. The number of aryl methyl sites for hydroxylation is 1. The van der Waals surface area contributed by atoms with E-state index in [2.05, 4.69) is 20.0 Å².